The van der Waals surface area contributed by atoms with Gasteiger partial charge in [-0.3, -0.25) is 9.79 Å². The fraction of sp³-hybridized carbons (Fsp3) is 0.375. The number of hydrogen-bond donors (Lipinski definition) is 5. The predicted octanol–water partition coefficient (Wildman–Crippen LogP) is 0.196. The van der Waals surface area contributed by atoms with Gasteiger partial charge in [0.1, 0.15) is 22.9 Å². The molecule has 140 valence electrons. The monoisotopic (exact) mass is 381 g/mol. The Morgan fingerprint density at radius 2 is 1.88 bits per heavy atom. The number of carboxylic acids is 2. The molecule has 1 aromatic rings. The first-order valence-electron chi connectivity index (χ1n) is 7.71. The number of nitrogens with two attached hydrogens (primary N) is 1. The molecule has 0 bridgehead atoms. The van der Waals surface area contributed by atoms with Crippen molar-refractivity contribution in [2.75, 3.05) is 5.75 Å². The number of aliphatic imine (C=N–C) groups is 1. The Bertz CT molecular complexity index is 736. The third kappa shape index (κ3) is 4.52. The second-order valence-corrected chi connectivity index (χ2v) is 6.99. The Hall–Kier alpha value is -2.59. The van der Waals surface area contributed by atoms with Crippen molar-refractivity contribution in [1.82, 2.24) is 5.32 Å². The second kappa shape index (κ2) is 8.19. The topological polar surface area (TPSA) is 162 Å². The summed E-state index contributed by atoms with van der Waals surface area (Å²) in [6.07, 6.45) is 0. The number of phenolic OH excluding ortho intramolecular Hbond substituents is 1. The summed E-state index contributed by atoms with van der Waals surface area (Å²) >= 11 is 1.16. The molecule has 0 saturated carbocycles. The lowest BCUT2D eigenvalue weighted by molar-refractivity contribution is -0.142. The van der Waals surface area contributed by atoms with Crippen molar-refractivity contribution in [2.45, 2.75) is 24.4 Å². The Kier molecular flexibility index (Phi) is 6.22. The Morgan fingerprint density at radius 3 is 2.42 bits per heavy atom. The number of aliphatic carboxylic acids is 2. The van der Waals surface area contributed by atoms with E-state index in [2.05, 4.69) is 10.3 Å². The van der Waals surface area contributed by atoms with Crippen molar-refractivity contribution in [3.8, 4) is 5.75 Å². The standard InChI is InChI=1S/C16H19N3O6S/c1-7-6-26-14(19-11(7)15(22)23)12(16(24)25)18-13(21)10(17)8-2-4-9(20)5-3-8/h2-5,7,10,12,14,20H,6,17H2,1H3,(H,18,21)(H,22,23)(H,24,25). The molecule has 1 heterocycles. The molecule has 0 fully saturated rings. The maximum absolute atomic E-state index is 12.3. The normalized spacial score (nSPS) is 22.0. The van der Waals surface area contributed by atoms with Crippen molar-refractivity contribution in [3.05, 3.63) is 29.8 Å². The van der Waals surface area contributed by atoms with Crippen molar-refractivity contribution in [1.29, 1.82) is 0 Å². The smallest absolute Gasteiger partial charge is 0.350 e. The van der Waals surface area contributed by atoms with Crippen LogP contribution in [0.3, 0.4) is 0 Å². The van der Waals surface area contributed by atoms with E-state index in [0.717, 1.165) is 11.8 Å². The zero-order valence-corrected chi connectivity index (χ0v) is 14.6. The van der Waals surface area contributed by atoms with Gasteiger partial charge in [0.15, 0.2) is 6.04 Å². The molecule has 0 radical (unpaired) electrons. The molecule has 4 unspecified atom stereocenters. The first kappa shape index (κ1) is 19.7. The predicted molar refractivity (Wildman–Crippen MR) is 95.1 cm³/mol. The van der Waals surface area contributed by atoms with Crippen molar-refractivity contribution in [3.63, 3.8) is 0 Å². The molecule has 1 amide bonds. The molecule has 26 heavy (non-hydrogen) atoms. The molecule has 2 rings (SSSR count). The number of hydrogen-bond acceptors (Lipinski definition) is 7. The third-order valence-corrected chi connectivity index (χ3v) is 5.26. The van der Waals surface area contributed by atoms with Crippen molar-refractivity contribution >= 4 is 35.3 Å². The number of rotatable bonds is 6. The molecule has 0 spiro atoms. The van der Waals surface area contributed by atoms with Gasteiger partial charge >= 0.3 is 11.9 Å². The number of nitrogens with one attached hydrogen (secondary N) is 1. The Balaban J connectivity index is 2.17. The molecular weight excluding hydrogens is 362 g/mol. The summed E-state index contributed by atoms with van der Waals surface area (Å²) in [7, 11) is 0. The highest BCUT2D eigenvalue weighted by atomic mass is 32.2. The van der Waals surface area contributed by atoms with Crippen LogP contribution in [0, 0.1) is 5.92 Å². The van der Waals surface area contributed by atoms with E-state index in [1.54, 1.807) is 6.92 Å². The number of amides is 1. The number of carboxylic acid groups (broad SMARTS) is 2. The highest BCUT2D eigenvalue weighted by molar-refractivity contribution is 8.00. The van der Waals surface area contributed by atoms with E-state index < -0.39 is 35.3 Å². The maximum Gasteiger partial charge on any atom is 0.350 e. The molecule has 0 aromatic heterocycles. The quantitative estimate of drug-likeness (QED) is 0.466. The van der Waals surface area contributed by atoms with Gasteiger partial charge in [-0.15, -0.1) is 11.8 Å². The highest BCUT2D eigenvalue weighted by Gasteiger charge is 2.36. The average Bonchev–Trinajstić information content (AvgIpc) is 2.59. The lowest BCUT2D eigenvalue weighted by Gasteiger charge is -2.28. The minimum absolute atomic E-state index is 0.00744. The summed E-state index contributed by atoms with van der Waals surface area (Å²) in [5, 5.41) is 29.2. The molecule has 1 aliphatic rings. The van der Waals surface area contributed by atoms with Gasteiger partial charge in [-0.1, -0.05) is 19.1 Å². The van der Waals surface area contributed by atoms with Crippen LogP contribution in [0.25, 0.3) is 0 Å². The van der Waals surface area contributed by atoms with Gasteiger partial charge < -0.3 is 26.4 Å². The molecular formula is C16H19N3O6S. The van der Waals surface area contributed by atoms with E-state index in [9.17, 15) is 29.7 Å². The lowest BCUT2D eigenvalue weighted by Crippen LogP contribution is -2.51. The first-order valence-corrected chi connectivity index (χ1v) is 8.76. The zero-order valence-electron chi connectivity index (χ0n) is 13.8. The first-order chi connectivity index (χ1) is 12.2. The van der Waals surface area contributed by atoms with Crippen LogP contribution < -0.4 is 11.1 Å². The van der Waals surface area contributed by atoms with E-state index in [-0.39, 0.29) is 17.4 Å². The summed E-state index contributed by atoms with van der Waals surface area (Å²) < 4.78 is 0. The number of benzene rings is 1. The molecule has 0 aliphatic carbocycles. The van der Waals surface area contributed by atoms with Crippen molar-refractivity contribution in [2.24, 2.45) is 16.6 Å². The summed E-state index contributed by atoms with van der Waals surface area (Å²) in [6.45, 7) is 1.69. The average molecular weight is 381 g/mol. The van der Waals surface area contributed by atoms with Crippen LogP contribution in [0.1, 0.15) is 18.5 Å². The molecule has 10 heteroatoms. The Morgan fingerprint density at radius 1 is 1.27 bits per heavy atom. The number of thioether (sulfide) groups is 1. The summed E-state index contributed by atoms with van der Waals surface area (Å²) in [6, 6.07) is 3.06. The van der Waals surface area contributed by atoms with Crippen LogP contribution >= 0.6 is 11.8 Å². The van der Waals surface area contributed by atoms with Gasteiger partial charge in [-0.25, -0.2) is 9.59 Å². The van der Waals surface area contributed by atoms with E-state index >= 15 is 0 Å². The van der Waals surface area contributed by atoms with Crippen LogP contribution in [0.5, 0.6) is 5.75 Å². The van der Waals surface area contributed by atoms with Gasteiger partial charge in [0.2, 0.25) is 5.91 Å². The number of carbonyl (C=O) groups excluding carboxylic acids is 1. The molecule has 0 saturated heterocycles. The largest absolute Gasteiger partial charge is 0.508 e. The van der Waals surface area contributed by atoms with Crippen LogP contribution in [0.15, 0.2) is 29.3 Å². The summed E-state index contributed by atoms with van der Waals surface area (Å²) in [4.78, 5) is 39.1. The van der Waals surface area contributed by atoms with Gasteiger partial charge in [-0.2, -0.15) is 0 Å². The Labute approximate surface area is 153 Å². The molecule has 9 nitrogen and oxygen atoms in total. The van der Waals surface area contributed by atoms with Crippen LogP contribution in [0.2, 0.25) is 0 Å². The molecule has 4 atom stereocenters. The third-order valence-electron chi connectivity index (χ3n) is 3.85. The van der Waals surface area contributed by atoms with Crippen molar-refractivity contribution < 1.29 is 29.7 Å². The summed E-state index contributed by atoms with van der Waals surface area (Å²) in [5.74, 6) is -3.23. The number of carbonyl (C=O) groups is 3. The van der Waals surface area contributed by atoms with Gasteiger partial charge in [0, 0.05) is 11.7 Å². The number of aromatic hydroxyl groups is 1. The number of phenols is 1. The molecule has 1 aliphatic heterocycles. The number of nitrogens with zero attached hydrogens (tertiary/aromatic N) is 1. The SMILES string of the molecule is CC1CSC(C(NC(=O)C(N)c2ccc(O)cc2)C(=O)O)N=C1C(=O)O. The fourth-order valence-electron chi connectivity index (χ4n) is 2.39. The molecule has 6 N–H and O–H groups in total. The highest BCUT2D eigenvalue weighted by Crippen LogP contribution is 2.27. The minimum atomic E-state index is -1.42. The molecule has 1 aromatic carbocycles. The minimum Gasteiger partial charge on any atom is -0.508 e. The van der Waals surface area contributed by atoms with Gasteiger partial charge in [-0.05, 0) is 17.7 Å². The second-order valence-electron chi connectivity index (χ2n) is 5.84. The lowest BCUT2D eigenvalue weighted by atomic mass is 10.1. The van der Waals surface area contributed by atoms with Crippen LogP contribution in [-0.4, -0.2) is 56.0 Å². The van der Waals surface area contributed by atoms with E-state index in [1.165, 1.54) is 24.3 Å². The van der Waals surface area contributed by atoms with E-state index in [1.807, 2.05) is 0 Å². The fourth-order valence-corrected chi connectivity index (χ4v) is 3.60. The van der Waals surface area contributed by atoms with Crippen LogP contribution in [0.4, 0.5) is 0 Å². The van der Waals surface area contributed by atoms with Crippen LogP contribution in [-0.2, 0) is 14.4 Å². The zero-order chi connectivity index (χ0) is 19.4. The maximum atomic E-state index is 12.3. The summed E-state index contributed by atoms with van der Waals surface area (Å²) in [5.41, 5.74) is 6.12. The van der Waals surface area contributed by atoms with Gasteiger partial charge in [0.05, 0.1) is 0 Å². The van der Waals surface area contributed by atoms with Gasteiger partial charge in [0.25, 0.3) is 0 Å². The van der Waals surface area contributed by atoms with E-state index in [4.69, 9.17) is 5.73 Å². The van der Waals surface area contributed by atoms with E-state index in [0.29, 0.717) is 11.3 Å².